The number of hydrogen-bond donors (Lipinski definition) is 2. The largest absolute Gasteiger partial charge is 0.497 e. The zero-order chi connectivity index (χ0) is 16.9. The van der Waals surface area contributed by atoms with Crippen LogP contribution in [0.1, 0.15) is 11.1 Å². The van der Waals surface area contributed by atoms with Crippen LogP contribution in [0.3, 0.4) is 0 Å². The van der Waals surface area contributed by atoms with E-state index in [0.29, 0.717) is 11.8 Å². The number of ether oxygens (including phenoxy) is 1. The van der Waals surface area contributed by atoms with E-state index in [9.17, 15) is 0 Å². The monoisotopic (exact) mass is 321 g/mol. The number of aryl methyl sites for hydroxylation is 2. The zero-order valence-corrected chi connectivity index (χ0v) is 13.9. The summed E-state index contributed by atoms with van der Waals surface area (Å²) in [5, 5.41) is 14.5. The van der Waals surface area contributed by atoms with Crippen molar-refractivity contribution in [3.8, 4) is 5.75 Å². The van der Waals surface area contributed by atoms with Crippen molar-refractivity contribution in [1.29, 1.82) is 0 Å². The van der Waals surface area contributed by atoms with Crippen LogP contribution in [0.25, 0.3) is 0 Å². The number of hydrogen-bond acceptors (Lipinski definition) is 6. The summed E-state index contributed by atoms with van der Waals surface area (Å²) < 4.78 is 5.15. The first kappa shape index (κ1) is 15.7. The number of para-hydroxylation sites is 1. The lowest BCUT2D eigenvalue weighted by Gasteiger charge is -2.12. The van der Waals surface area contributed by atoms with Gasteiger partial charge in [0.25, 0.3) is 0 Å². The third-order valence-corrected chi connectivity index (χ3v) is 3.64. The van der Waals surface area contributed by atoms with Crippen LogP contribution in [0.4, 0.5) is 23.1 Å². The Balaban J connectivity index is 1.78. The Hall–Kier alpha value is -3.15. The first-order valence-electron chi connectivity index (χ1n) is 7.60. The molecule has 3 aromatic rings. The Labute approximate surface area is 140 Å². The molecule has 0 amide bonds. The van der Waals surface area contributed by atoms with E-state index >= 15 is 0 Å². The van der Waals surface area contributed by atoms with Crippen molar-refractivity contribution < 1.29 is 4.74 Å². The molecule has 0 aliphatic heterocycles. The molecule has 6 nitrogen and oxygen atoms in total. The molecule has 0 unspecified atom stereocenters. The predicted molar refractivity (Wildman–Crippen MR) is 95.3 cm³/mol. The van der Waals surface area contributed by atoms with Crippen molar-refractivity contribution in [3.63, 3.8) is 0 Å². The van der Waals surface area contributed by atoms with Crippen LogP contribution >= 0.6 is 0 Å². The van der Waals surface area contributed by atoms with Crippen molar-refractivity contribution >= 4 is 23.1 Å². The molecule has 0 fully saturated rings. The molecule has 6 heteroatoms. The van der Waals surface area contributed by atoms with E-state index in [-0.39, 0.29) is 0 Å². The van der Waals surface area contributed by atoms with Gasteiger partial charge in [-0.05, 0) is 49.2 Å². The molecule has 3 rings (SSSR count). The maximum Gasteiger partial charge on any atom is 0.249 e. The highest BCUT2D eigenvalue weighted by Gasteiger charge is 2.06. The van der Waals surface area contributed by atoms with Crippen LogP contribution < -0.4 is 15.4 Å². The van der Waals surface area contributed by atoms with E-state index in [4.69, 9.17) is 4.74 Å². The number of benzene rings is 2. The topological polar surface area (TPSA) is 72.0 Å². The van der Waals surface area contributed by atoms with Gasteiger partial charge in [-0.15, -0.1) is 5.10 Å². The van der Waals surface area contributed by atoms with E-state index in [1.807, 2.05) is 30.3 Å². The Morgan fingerprint density at radius 3 is 2.29 bits per heavy atom. The van der Waals surface area contributed by atoms with Gasteiger partial charge in [-0.2, -0.15) is 10.1 Å². The highest BCUT2D eigenvalue weighted by molar-refractivity contribution is 5.65. The quantitative estimate of drug-likeness (QED) is 0.740. The van der Waals surface area contributed by atoms with Gasteiger partial charge in [0.05, 0.1) is 13.3 Å². The van der Waals surface area contributed by atoms with Crippen molar-refractivity contribution in [3.05, 3.63) is 59.8 Å². The molecule has 1 heterocycles. The van der Waals surface area contributed by atoms with Crippen LogP contribution in [0.5, 0.6) is 5.75 Å². The average Bonchev–Trinajstić information content (AvgIpc) is 2.59. The number of rotatable bonds is 5. The number of aromatic nitrogens is 3. The second kappa shape index (κ2) is 6.95. The highest BCUT2D eigenvalue weighted by atomic mass is 16.5. The third kappa shape index (κ3) is 3.60. The molecule has 0 atom stereocenters. The molecule has 0 saturated heterocycles. The minimum atomic E-state index is 0.427. The summed E-state index contributed by atoms with van der Waals surface area (Å²) in [6, 6.07) is 13.7. The van der Waals surface area contributed by atoms with Crippen molar-refractivity contribution in [2.24, 2.45) is 0 Å². The summed E-state index contributed by atoms with van der Waals surface area (Å²) in [5.74, 6) is 1.86. The number of nitrogens with zero attached hydrogens (tertiary/aromatic N) is 3. The Morgan fingerprint density at radius 2 is 1.62 bits per heavy atom. The molecule has 0 bridgehead atoms. The zero-order valence-electron chi connectivity index (χ0n) is 13.9. The summed E-state index contributed by atoms with van der Waals surface area (Å²) in [6.45, 7) is 4.11. The molecule has 24 heavy (non-hydrogen) atoms. The van der Waals surface area contributed by atoms with Gasteiger partial charge in [0, 0.05) is 11.4 Å². The van der Waals surface area contributed by atoms with Crippen LogP contribution in [0, 0.1) is 13.8 Å². The smallest absolute Gasteiger partial charge is 0.249 e. The van der Waals surface area contributed by atoms with Gasteiger partial charge in [0.2, 0.25) is 5.95 Å². The van der Waals surface area contributed by atoms with E-state index in [0.717, 1.165) is 28.3 Å². The second-order valence-electron chi connectivity index (χ2n) is 5.41. The van der Waals surface area contributed by atoms with Gasteiger partial charge < -0.3 is 15.4 Å². The maximum absolute atomic E-state index is 5.15. The molecule has 0 radical (unpaired) electrons. The molecule has 1 aromatic heterocycles. The molecule has 2 N–H and O–H groups in total. The molecular formula is C18H19N5O. The Bertz CT molecular complexity index is 813. The molecule has 2 aromatic carbocycles. The van der Waals surface area contributed by atoms with Crippen molar-refractivity contribution in [2.75, 3.05) is 17.7 Å². The third-order valence-electron chi connectivity index (χ3n) is 3.64. The first-order valence-corrected chi connectivity index (χ1v) is 7.60. The summed E-state index contributed by atoms with van der Waals surface area (Å²) in [4.78, 5) is 4.46. The lowest BCUT2D eigenvalue weighted by atomic mass is 10.1. The van der Waals surface area contributed by atoms with E-state index in [1.165, 1.54) is 0 Å². The van der Waals surface area contributed by atoms with Crippen LogP contribution in [0.2, 0.25) is 0 Å². The minimum Gasteiger partial charge on any atom is -0.497 e. The van der Waals surface area contributed by atoms with Gasteiger partial charge in [-0.25, -0.2) is 0 Å². The SMILES string of the molecule is COc1ccc(Nc2nncc(Nc3c(C)cccc3C)n2)cc1. The Kier molecular flexibility index (Phi) is 4.56. The molecule has 122 valence electrons. The van der Waals surface area contributed by atoms with Crippen molar-refractivity contribution in [1.82, 2.24) is 15.2 Å². The predicted octanol–water partition coefficient (Wildman–Crippen LogP) is 3.98. The lowest BCUT2D eigenvalue weighted by molar-refractivity contribution is 0.415. The van der Waals surface area contributed by atoms with Gasteiger partial charge in [0.1, 0.15) is 5.75 Å². The fourth-order valence-corrected chi connectivity index (χ4v) is 2.36. The minimum absolute atomic E-state index is 0.427. The van der Waals surface area contributed by atoms with Gasteiger partial charge in [-0.1, -0.05) is 18.2 Å². The first-order chi connectivity index (χ1) is 11.7. The fourth-order valence-electron chi connectivity index (χ4n) is 2.36. The van der Waals surface area contributed by atoms with Gasteiger partial charge in [-0.3, -0.25) is 0 Å². The van der Waals surface area contributed by atoms with Crippen LogP contribution in [-0.4, -0.2) is 22.3 Å². The molecule has 0 spiro atoms. The van der Waals surface area contributed by atoms with E-state index in [2.05, 4.69) is 51.8 Å². The number of methoxy groups -OCH3 is 1. The highest BCUT2D eigenvalue weighted by Crippen LogP contribution is 2.24. The number of nitrogens with one attached hydrogen (secondary N) is 2. The van der Waals surface area contributed by atoms with E-state index < -0.39 is 0 Å². The summed E-state index contributed by atoms with van der Waals surface area (Å²) >= 11 is 0. The average molecular weight is 321 g/mol. The standard InChI is InChI=1S/C18H19N5O/c1-12-5-4-6-13(2)17(12)21-16-11-19-23-18(22-16)20-14-7-9-15(24-3)10-8-14/h4-11H,1-3H3,(H2,20,21,22,23). The van der Waals surface area contributed by atoms with Crippen LogP contribution in [-0.2, 0) is 0 Å². The summed E-state index contributed by atoms with van der Waals surface area (Å²) in [7, 11) is 1.64. The number of anilines is 4. The van der Waals surface area contributed by atoms with E-state index in [1.54, 1.807) is 13.3 Å². The van der Waals surface area contributed by atoms with Crippen LogP contribution in [0.15, 0.2) is 48.7 Å². The maximum atomic E-state index is 5.15. The lowest BCUT2D eigenvalue weighted by Crippen LogP contribution is -2.03. The molecule has 0 saturated carbocycles. The van der Waals surface area contributed by atoms with Gasteiger partial charge in [0.15, 0.2) is 5.82 Å². The summed E-state index contributed by atoms with van der Waals surface area (Å²) in [6.07, 6.45) is 1.60. The molecule has 0 aliphatic carbocycles. The Morgan fingerprint density at radius 1 is 0.917 bits per heavy atom. The summed E-state index contributed by atoms with van der Waals surface area (Å²) in [5.41, 5.74) is 4.20. The van der Waals surface area contributed by atoms with Gasteiger partial charge >= 0.3 is 0 Å². The fraction of sp³-hybridized carbons (Fsp3) is 0.167. The molecule has 0 aliphatic rings. The second-order valence-corrected chi connectivity index (χ2v) is 5.41. The molecular weight excluding hydrogens is 302 g/mol. The normalized spacial score (nSPS) is 10.3. The van der Waals surface area contributed by atoms with Crippen molar-refractivity contribution in [2.45, 2.75) is 13.8 Å².